The smallest absolute Gasteiger partial charge is 0.254 e. The number of hydrogen-bond donors (Lipinski definition) is 1. The highest BCUT2D eigenvalue weighted by Gasteiger charge is 2.15. The normalized spacial score (nSPS) is 10.4. The van der Waals surface area contributed by atoms with Crippen LogP contribution < -0.4 is 5.73 Å². The van der Waals surface area contributed by atoms with Crippen LogP contribution in [0.25, 0.3) is 0 Å². The monoisotopic (exact) mass is 266 g/mol. The number of nitrogens with zero attached hydrogens (tertiary/aromatic N) is 1. The van der Waals surface area contributed by atoms with E-state index in [1.165, 1.54) is 0 Å². The first-order chi connectivity index (χ1) is 9.19. The molecule has 1 amide bonds. The van der Waals surface area contributed by atoms with Crippen LogP contribution in [0, 0.1) is 0 Å². The molecule has 2 N–H and O–H groups in total. The van der Waals surface area contributed by atoms with Crippen LogP contribution in [-0.4, -0.2) is 51.3 Å². The van der Waals surface area contributed by atoms with Crippen molar-refractivity contribution in [3.8, 4) is 0 Å². The molecular weight excluding hydrogens is 244 g/mol. The van der Waals surface area contributed by atoms with Crippen LogP contribution in [0.1, 0.15) is 16.8 Å². The Morgan fingerprint density at radius 1 is 1.21 bits per heavy atom. The van der Waals surface area contributed by atoms with E-state index in [1.54, 1.807) is 43.4 Å². The second-order valence-electron chi connectivity index (χ2n) is 4.26. The van der Waals surface area contributed by atoms with Crippen molar-refractivity contribution >= 4 is 11.6 Å². The van der Waals surface area contributed by atoms with Crippen LogP contribution in [0.5, 0.6) is 0 Å². The van der Waals surface area contributed by atoms with Crippen molar-refractivity contribution in [2.45, 2.75) is 6.42 Å². The summed E-state index contributed by atoms with van der Waals surface area (Å²) in [6, 6.07) is 7.01. The van der Waals surface area contributed by atoms with Crippen molar-refractivity contribution in [3.05, 3.63) is 29.8 Å². The zero-order chi connectivity index (χ0) is 14.1. The number of amides is 1. The minimum absolute atomic E-state index is 0.0274. The maximum absolute atomic E-state index is 12.4. The molecule has 5 heteroatoms. The summed E-state index contributed by atoms with van der Waals surface area (Å²) in [5.74, 6) is -0.0274. The first-order valence-corrected chi connectivity index (χ1v) is 6.31. The molecule has 0 atom stereocenters. The van der Waals surface area contributed by atoms with E-state index in [0.717, 1.165) is 6.42 Å². The number of hydrogen-bond acceptors (Lipinski definition) is 4. The van der Waals surface area contributed by atoms with Crippen molar-refractivity contribution in [2.24, 2.45) is 0 Å². The molecule has 0 unspecified atom stereocenters. The van der Waals surface area contributed by atoms with Crippen LogP contribution in [0.4, 0.5) is 5.69 Å². The lowest BCUT2D eigenvalue weighted by Gasteiger charge is -2.22. The van der Waals surface area contributed by atoms with Crippen LogP contribution in [0.15, 0.2) is 24.3 Å². The van der Waals surface area contributed by atoms with Crippen molar-refractivity contribution in [1.82, 2.24) is 4.90 Å². The summed E-state index contributed by atoms with van der Waals surface area (Å²) < 4.78 is 10.1. The maximum atomic E-state index is 12.4. The third-order valence-electron chi connectivity index (χ3n) is 2.76. The Kier molecular flexibility index (Phi) is 6.92. The van der Waals surface area contributed by atoms with Gasteiger partial charge in [-0.3, -0.25) is 4.79 Å². The highest BCUT2D eigenvalue weighted by Crippen LogP contribution is 2.10. The minimum Gasteiger partial charge on any atom is -0.399 e. The van der Waals surface area contributed by atoms with Gasteiger partial charge in [-0.05, 0) is 24.6 Å². The number of anilines is 1. The zero-order valence-corrected chi connectivity index (χ0v) is 11.6. The zero-order valence-electron chi connectivity index (χ0n) is 11.6. The second kappa shape index (κ2) is 8.50. The summed E-state index contributed by atoms with van der Waals surface area (Å²) in [4.78, 5) is 14.1. The lowest BCUT2D eigenvalue weighted by Crippen LogP contribution is -2.35. The average molecular weight is 266 g/mol. The quantitative estimate of drug-likeness (QED) is 0.570. The highest BCUT2D eigenvalue weighted by molar-refractivity contribution is 5.95. The number of nitrogen functional groups attached to an aromatic ring is 1. The van der Waals surface area contributed by atoms with Gasteiger partial charge in [0.15, 0.2) is 0 Å². The fourth-order valence-electron chi connectivity index (χ4n) is 1.77. The SMILES string of the molecule is COCCCN(CCOC)C(=O)c1cccc(N)c1. The number of ether oxygens (including phenoxy) is 2. The molecule has 0 radical (unpaired) electrons. The Bertz CT molecular complexity index is 396. The molecule has 0 aliphatic carbocycles. The summed E-state index contributed by atoms with van der Waals surface area (Å²) in [6.45, 7) is 2.35. The molecule has 0 aliphatic heterocycles. The molecule has 0 aliphatic rings. The molecule has 5 nitrogen and oxygen atoms in total. The Labute approximate surface area is 114 Å². The van der Waals surface area contributed by atoms with Crippen LogP contribution in [-0.2, 0) is 9.47 Å². The number of nitrogens with two attached hydrogens (primary N) is 1. The maximum Gasteiger partial charge on any atom is 0.254 e. The van der Waals surface area contributed by atoms with E-state index < -0.39 is 0 Å². The lowest BCUT2D eigenvalue weighted by molar-refractivity contribution is 0.0674. The molecule has 0 saturated heterocycles. The van der Waals surface area contributed by atoms with Crippen molar-refractivity contribution in [1.29, 1.82) is 0 Å². The minimum atomic E-state index is -0.0274. The molecule has 0 bridgehead atoms. The van der Waals surface area contributed by atoms with E-state index in [4.69, 9.17) is 15.2 Å². The summed E-state index contributed by atoms with van der Waals surface area (Å²) in [5.41, 5.74) is 6.90. The molecule has 106 valence electrons. The van der Waals surface area contributed by atoms with Crippen LogP contribution in [0.3, 0.4) is 0 Å². The van der Waals surface area contributed by atoms with Gasteiger partial charge in [-0.1, -0.05) is 6.07 Å². The van der Waals surface area contributed by atoms with Gasteiger partial charge in [0.2, 0.25) is 0 Å². The number of rotatable bonds is 8. The first kappa shape index (κ1) is 15.5. The summed E-state index contributed by atoms with van der Waals surface area (Å²) in [7, 11) is 3.28. The first-order valence-electron chi connectivity index (χ1n) is 6.31. The summed E-state index contributed by atoms with van der Waals surface area (Å²) >= 11 is 0. The van der Waals surface area contributed by atoms with Gasteiger partial charge in [0.05, 0.1) is 6.61 Å². The molecule has 0 spiro atoms. The molecule has 0 fully saturated rings. The van der Waals surface area contributed by atoms with E-state index in [0.29, 0.717) is 37.6 Å². The molecule has 0 saturated carbocycles. The van der Waals surface area contributed by atoms with Gasteiger partial charge in [-0.15, -0.1) is 0 Å². The molecule has 19 heavy (non-hydrogen) atoms. The Hall–Kier alpha value is -1.59. The Balaban J connectivity index is 2.69. The molecule has 0 aromatic heterocycles. The van der Waals surface area contributed by atoms with E-state index in [9.17, 15) is 4.79 Å². The third-order valence-corrected chi connectivity index (χ3v) is 2.76. The second-order valence-corrected chi connectivity index (χ2v) is 4.26. The van der Waals surface area contributed by atoms with E-state index in [1.807, 2.05) is 0 Å². The molecule has 0 heterocycles. The van der Waals surface area contributed by atoms with Gasteiger partial charge in [0, 0.05) is 45.2 Å². The number of carbonyl (C=O) groups excluding carboxylic acids is 1. The van der Waals surface area contributed by atoms with Crippen molar-refractivity contribution in [2.75, 3.05) is 46.3 Å². The van der Waals surface area contributed by atoms with Crippen LogP contribution >= 0.6 is 0 Å². The van der Waals surface area contributed by atoms with Crippen molar-refractivity contribution < 1.29 is 14.3 Å². The topological polar surface area (TPSA) is 64.8 Å². The largest absolute Gasteiger partial charge is 0.399 e. The van der Waals surface area contributed by atoms with Gasteiger partial charge < -0.3 is 20.1 Å². The van der Waals surface area contributed by atoms with Gasteiger partial charge in [0.1, 0.15) is 0 Å². The lowest BCUT2D eigenvalue weighted by atomic mass is 10.1. The Morgan fingerprint density at radius 3 is 2.58 bits per heavy atom. The number of benzene rings is 1. The van der Waals surface area contributed by atoms with Crippen molar-refractivity contribution in [3.63, 3.8) is 0 Å². The predicted octanol–water partition coefficient (Wildman–Crippen LogP) is 1.39. The average Bonchev–Trinajstić information content (AvgIpc) is 2.42. The van der Waals surface area contributed by atoms with Gasteiger partial charge in [-0.25, -0.2) is 0 Å². The standard InChI is InChI=1S/C14H22N2O3/c1-18-9-4-7-16(8-10-19-2)14(17)12-5-3-6-13(15)11-12/h3,5-6,11H,4,7-10,15H2,1-2H3. The van der Waals surface area contributed by atoms with Gasteiger partial charge in [0.25, 0.3) is 5.91 Å². The fraction of sp³-hybridized carbons (Fsp3) is 0.500. The van der Waals surface area contributed by atoms with E-state index in [-0.39, 0.29) is 5.91 Å². The number of carbonyl (C=O) groups is 1. The van der Waals surface area contributed by atoms with E-state index >= 15 is 0 Å². The Morgan fingerprint density at radius 2 is 1.95 bits per heavy atom. The highest BCUT2D eigenvalue weighted by atomic mass is 16.5. The summed E-state index contributed by atoms with van der Waals surface area (Å²) in [6.07, 6.45) is 0.800. The van der Waals surface area contributed by atoms with Gasteiger partial charge >= 0.3 is 0 Å². The molecule has 1 aromatic rings. The van der Waals surface area contributed by atoms with Gasteiger partial charge in [-0.2, -0.15) is 0 Å². The molecule has 1 aromatic carbocycles. The predicted molar refractivity (Wildman–Crippen MR) is 75.1 cm³/mol. The van der Waals surface area contributed by atoms with E-state index in [2.05, 4.69) is 0 Å². The number of methoxy groups -OCH3 is 2. The molecule has 1 rings (SSSR count). The van der Waals surface area contributed by atoms with Crippen LogP contribution in [0.2, 0.25) is 0 Å². The summed E-state index contributed by atoms with van der Waals surface area (Å²) in [5, 5.41) is 0. The fourth-order valence-corrected chi connectivity index (χ4v) is 1.77. The third kappa shape index (κ3) is 5.28. The molecular formula is C14H22N2O3.